The fourth-order valence-electron chi connectivity index (χ4n) is 2.95. The fourth-order valence-corrected chi connectivity index (χ4v) is 3.93. The van der Waals surface area contributed by atoms with Crippen molar-refractivity contribution < 1.29 is 15.3 Å². The van der Waals surface area contributed by atoms with Crippen molar-refractivity contribution in [2.75, 3.05) is 0 Å². The molecule has 3 N–H and O–H groups in total. The van der Waals surface area contributed by atoms with Crippen LogP contribution in [0.2, 0.25) is 0 Å². The molecule has 1 aromatic carbocycles. The van der Waals surface area contributed by atoms with Gasteiger partial charge >= 0.3 is 0 Å². The number of thiazole rings is 1. The fraction of sp³-hybridized carbons (Fsp3) is 0.444. The molecule has 1 fully saturated rings. The summed E-state index contributed by atoms with van der Waals surface area (Å²) in [4.78, 5) is 6.91. The summed E-state index contributed by atoms with van der Waals surface area (Å²) in [6.45, 7) is 4.04. The largest absolute Gasteiger partial charge is 0.504 e. The van der Waals surface area contributed by atoms with Crippen LogP contribution < -0.4 is 4.80 Å². The molecule has 0 bridgehead atoms. The lowest BCUT2D eigenvalue weighted by Crippen LogP contribution is -2.19. The van der Waals surface area contributed by atoms with Gasteiger partial charge in [0.2, 0.25) is 4.80 Å². The molecule has 0 amide bonds. The number of benzene rings is 1. The molecular weight excluding hydrogens is 374 g/mol. The van der Waals surface area contributed by atoms with E-state index in [2.05, 4.69) is 5.10 Å². The molecule has 6 nitrogen and oxygen atoms in total. The number of nitrogens with zero attached hydrogens (tertiary/aromatic N) is 3. The number of phenolic OH excluding ortho intramolecular Hbond substituents is 3. The van der Waals surface area contributed by atoms with E-state index >= 15 is 0 Å². The highest BCUT2D eigenvalue weighted by Gasteiger charge is 2.13. The maximum Gasteiger partial charge on any atom is 0.206 e. The number of aromatic hydroxyl groups is 3. The van der Waals surface area contributed by atoms with E-state index in [0.29, 0.717) is 11.6 Å². The maximum absolute atomic E-state index is 9.61. The molecule has 1 aliphatic rings. The average Bonchev–Trinajstić information content (AvgIpc) is 2.85. The summed E-state index contributed by atoms with van der Waals surface area (Å²) in [5.41, 5.74) is 1.51. The molecule has 3 rings (SSSR count). The van der Waals surface area contributed by atoms with Gasteiger partial charge in [-0.25, -0.2) is 4.68 Å². The first-order valence-corrected chi connectivity index (χ1v) is 9.29. The van der Waals surface area contributed by atoms with Gasteiger partial charge in [0.15, 0.2) is 17.2 Å². The number of hydrogen-bond acceptors (Lipinski definition) is 6. The van der Waals surface area contributed by atoms with Crippen LogP contribution in [0.5, 0.6) is 17.2 Å². The topological polar surface area (TPSA) is 90.3 Å². The summed E-state index contributed by atoms with van der Waals surface area (Å²) in [5, 5.41) is 33.1. The second-order valence-corrected chi connectivity index (χ2v) is 7.59. The van der Waals surface area contributed by atoms with Gasteiger partial charge in [0, 0.05) is 10.4 Å². The van der Waals surface area contributed by atoms with Gasteiger partial charge in [0.1, 0.15) is 0 Å². The van der Waals surface area contributed by atoms with Crippen LogP contribution in [0.4, 0.5) is 0 Å². The van der Waals surface area contributed by atoms with E-state index in [9.17, 15) is 15.3 Å². The molecule has 1 saturated carbocycles. The number of aromatic nitrogens is 1. The predicted octanol–water partition coefficient (Wildman–Crippen LogP) is 3.82. The van der Waals surface area contributed by atoms with Crippen LogP contribution in [0.25, 0.3) is 0 Å². The Hall–Kier alpha value is -1.99. The van der Waals surface area contributed by atoms with Crippen LogP contribution in [0.3, 0.4) is 0 Å². The second-order valence-electron chi connectivity index (χ2n) is 6.41. The highest BCUT2D eigenvalue weighted by Crippen LogP contribution is 2.34. The molecule has 1 heterocycles. The maximum atomic E-state index is 9.61. The molecule has 2 aromatic rings. The molecule has 0 aliphatic heterocycles. The Balaban J connectivity index is 0.00000243. The van der Waals surface area contributed by atoms with Crippen molar-refractivity contribution in [2.45, 2.75) is 52.0 Å². The third-order valence-electron chi connectivity index (χ3n) is 4.53. The molecule has 8 heteroatoms. The van der Waals surface area contributed by atoms with E-state index in [-0.39, 0.29) is 23.9 Å². The summed E-state index contributed by atoms with van der Waals surface area (Å²) in [6, 6.07) is 3.06. The quantitative estimate of drug-likeness (QED) is 0.543. The number of phenols is 3. The van der Waals surface area contributed by atoms with E-state index in [4.69, 9.17) is 4.99 Å². The van der Waals surface area contributed by atoms with Crippen LogP contribution in [-0.4, -0.2) is 32.3 Å². The van der Waals surface area contributed by atoms with E-state index in [0.717, 1.165) is 28.2 Å². The normalized spacial score (nSPS) is 16.2. The Morgan fingerprint density at radius 2 is 1.69 bits per heavy atom. The van der Waals surface area contributed by atoms with Crippen molar-refractivity contribution in [1.29, 1.82) is 0 Å². The van der Waals surface area contributed by atoms with Crippen molar-refractivity contribution in [3.05, 3.63) is 33.1 Å². The van der Waals surface area contributed by atoms with Gasteiger partial charge in [-0.2, -0.15) is 5.10 Å². The lowest BCUT2D eigenvalue weighted by atomic mass is 9.96. The van der Waals surface area contributed by atoms with Crippen LogP contribution in [-0.2, 0) is 0 Å². The Labute approximate surface area is 162 Å². The smallest absolute Gasteiger partial charge is 0.206 e. The molecule has 1 aromatic heterocycles. The Bertz CT molecular complexity index is 844. The minimum atomic E-state index is -0.527. The number of rotatable bonds is 3. The van der Waals surface area contributed by atoms with Crippen molar-refractivity contribution in [1.82, 2.24) is 4.68 Å². The van der Waals surface area contributed by atoms with Gasteiger partial charge in [-0.3, -0.25) is 4.99 Å². The van der Waals surface area contributed by atoms with Gasteiger partial charge in [0.05, 0.1) is 18.0 Å². The SMILES string of the molecule is Cc1sc(=NC2CCCCC2)n(/N=C/c2cc(O)c(O)c(O)c2)c1C.Cl. The summed E-state index contributed by atoms with van der Waals surface area (Å²) in [5.74, 6) is -1.28. The zero-order valence-corrected chi connectivity index (χ0v) is 16.5. The summed E-state index contributed by atoms with van der Waals surface area (Å²) >= 11 is 1.62. The molecule has 1 aliphatic carbocycles. The van der Waals surface area contributed by atoms with Gasteiger partial charge < -0.3 is 15.3 Å². The Morgan fingerprint density at radius 1 is 1.08 bits per heavy atom. The van der Waals surface area contributed by atoms with Crippen LogP contribution in [0.1, 0.15) is 48.2 Å². The van der Waals surface area contributed by atoms with Crippen molar-refractivity contribution in [3.63, 3.8) is 0 Å². The van der Waals surface area contributed by atoms with Gasteiger partial charge in [-0.05, 0) is 38.8 Å². The highest BCUT2D eigenvalue weighted by atomic mass is 35.5. The lowest BCUT2D eigenvalue weighted by molar-refractivity contribution is 0.368. The van der Waals surface area contributed by atoms with E-state index in [1.807, 2.05) is 13.8 Å². The molecule has 26 heavy (non-hydrogen) atoms. The zero-order chi connectivity index (χ0) is 18.0. The minimum absolute atomic E-state index is 0. The van der Waals surface area contributed by atoms with E-state index in [1.54, 1.807) is 16.0 Å². The average molecular weight is 398 g/mol. The number of aryl methyl sites for hydroxylation is 1. The summed E-state index contributed by atoms with van der Waals surface area (Å²) in [6.07, 6.45) is 7.54. The van der Waals surface area contributed by atoms with Gasteiger partial charge in [-0.15, -0.1) is 23.7 Å². The van der Waals surface area contributed by atoms with Gasteiger partial charge in [-0.1, -0.05) is 19.3 Å². The molecule has 0 atom stereocenters. The van der Waals surface area contributed by atoms with E-state index in [1.165, 1.54) is 37.6 Å². The molecule has 0 unspecified atom stereocenters. The lowest BCUT2D eigenvalue weighted by Gasteiger charge is -2.16. The third-order valence-corrected chi connectivity index (χ3v) is 5.60. The number of hydrogen-bond donors (Lipinski definition) is 3. The standard InChI is InChI=1S/C18H23N3O3S.ClH/c1-11-12(2)25-18(20-14-6-4-3-5-7-14)21(11)19-10-13-8-15(22)17(24)16(23)9-13;/h8-10,14,22-24H,3-7H2,1-2H3;1H/b19-10+,20-18?;. The van der Waals surface area contributed by atoms with Gasteiger partial charge in [0.25, 0.3) is 0 Å². The Kier molecular flexibility index (Phi) is 6.72. The molecule has 0 radical (unpaired) electrons. The molecule has 0 saturated heterocycles. The second kappa shape index (κ2) is 8.60. The first-order valence-electron chi connectivity index (χ1n) is 8.48. The van der Waals surface area contributed by atoms with Crippen molar-refractivity contribution in [2.24, 2.45) is 10.1 Å². The number of halogens is 1. The molecular formula is C18H24ClN3O3S. The molecule has 142 valence electrons. The summed E-state index contributed by atoms with van der Waals surface area (Å²) in [7, 11) is 0. The summed E-state index contributed by atoms with van der Waals surface area (Å²) < 4.78 is 1.80. The van der Waals surface area contributed by atoms with Crippen LogP contribution in [0, 0.1) is 13.8 Å². The highest BCUT2D eigenvalue weighted by molar-refractivity contribution is 7.09. The molecule has 0 spiro atoms. The zero-order valence-electron chi connectivity index (χ0n) is 14.8. The monoisotopic (exact) mass is 397 g/mol. The van der Waals surface area contributed by atoms with Crippen LogP contribution in [0.15, 0.2) is 22.2 Å². The predicted molar refractivity (Wildman–Crippen MR) is 106 cm³/mol. The first kappa shape index (κ1) is 20.3. The van der Waals surface area contributed by atoms with E-state index < -0.39 is 5.75 Å². The first-order chi connectivity index (χ1) is 12.0. The van der Waals surface area contributed by atoms with Crippen molar-refractivity contribution in [3.8, 4) is 17.2 Å². The third kappa shape index (κ3) is 4.40. The minimum Gasteiger partial charge on any atom is -0.504 e. The van der Waals surface area contributed by atoms with Crippen molar-refractivity contribution >= 4 is 30.0 Å². The Morgan fingerprint density at radius 3 is 2.31 bits per heavy atom. The van der Waals surface area contributed by atoms with Crippen LogP contribution >= 0.6 is 23.7 Å².